The fourth-order valence-corrected chi connectivity index (χ4v) is 4.04. The zero-order valence-electron chi connectivity index (χ0n) is 16.5. The first-order chi connectivity index (χ1) is 14.0. The molecule has 29 heavy (non-hydrogen) atoms. The zero-order valence-corrected chi connectivity index (χ0v) is 18.0. The molecule has 3 heterocycles. The predicted molar refractivity (Wildman–Crippen MR) is 114 cm³/mol. The van der Waals surface area contributed by atoms with E-state index in [1.54, 1.807) is 6.20 Å². The van der Waals surface area contributed by atoms with Crippen molar-refractivity contribution in [3.05, 3.63) is 76.0 Å². The van der Waals surface area contributed by atoms with Crippen LogP contribution in [-0.4, -0.2) is 33.3 Å². The van der Waals surface area contributed by atoms with Gasteiger partial charge in [0.1, 0.15) is 11.9 Å². The summed E-state index contributed by atoms with van der Waals surface area (Å²) < 4.78 is 8.01. The number of nitrogens with zero attached hydrogens (tertiary/aromatic N) is 4. The number of benzene rings is 1. The van der Waals surface area contributed by atoms with Gasteiger partial charge in [-0.3, -0.25) is 19.3 Å². The second kappa shape index (κ2) is 7.91. The predicted octanol–water partition coefficient (Wildman–Crippen LogP) is 4.43. The van der Waals surface area contributed by atoms with Crippen LogP contribution in [0.25, 0.3) is 5.69 Å². The van der Waals surface area contributed by atoms with E-state index < -0.39 is 0 Å². The number of carbonyl (C=O) groups is 1. The summed E-state index contributed by atoms with van der Waals surface area (Å²) in [6.07, 6.45) is 4.10. The van der Waals surface area contributed by atoms with Gasteiger partial charge in [-0.25, -0.2) is 4.98 Å². The molecule has 0 spiro atoms. The summed E-state index contributed by atoms with van der Waals surface area (Å²) in [6.45, 7) is 3.88. The zero-order chi connectivity index (χ0) is 20.5. The van der Waals surface area contributed by atoms with Crippen LogP contribution in [0.5, 0.6) is 0 Å². The second-order valence-electron chi connectivity index (χ2n) is 7.12. The molecule has 1 aliphatic heterocycles. The molecule has 148 valence electrons. The van der Waals surface area contributed by atoms with Crippen molar-refractivity contribution in [3.63, 3.8) is 0 Å². The van der Waals surface area contributed by atoms with Gasteiger partial charge in [0.25, 0.3) is 0 Å². The fourth-order valence-electron chi connectivity index (χ4n) is 3.68. The molecule has 0 N–H and O–H groups in total. The number of esters is 1. The molecule has 0 bridgehead atoms. The number of aromatic nitrogens is 3. The number of halogens is 1. The lowest BCUT2D eigenvalue weighted by molar-refractivity contribution is -0.145. The maximum atomic E-state index is 12.1. The molecule has 0 fully saturated rings. The fraction of sp³-hybridized carbons (Fsp3) is 0.273. The van der Waals surface area contributed by atoms with E-state index in [1.807, 2.05) is 44.3 Å². The standard InChI is InChI=1S/C22H21BrN4O2/c1-13(22(28)29-3)10-18-21-25-12-14(2)27(21)19-8-7-15(23)11-16(19)20(26-18)17-6-4-5-9-24-17/h4-9,11-13,18H,10H2,1-3H3. The Morgan fingerprint density at radius 2 is 2.10 bits per heavy atom. The van der Waals surface area contributed by atoms with Crippen molar-refractivity contribution in [2.24, 2.45) is 10.9 Å². The lowest BCUT2D eigenvalue weighted by Gasteiger charge is -2.17. The van der Waals surface area contributed by atoms with E-state index in [-0.39, 0.29) is 17.9 Å². The first kappa shape index (κ1) is 19.5. The Hall–Kier alpha value is -2.80. The first-order valence-electron chi connectivity index (χ1n) is 9.41. The third kappa shape index (κ3) is 3.62. The molecule has 0 radical (unpaired) electrons. The number of fused-ring (bicyclic) bond motifs is 3. The number of pyridine rings is 1. The van der Waals surface area contributed by atoms with Crippen molar-refractivity contribution >= 4 is 27.6 Å². The highest BCUT2D eigenvalue weighted by Crippen LogP contribution is 2.35. The lowest BCUT2D eigenvalue weighted by Crippen LogP contribution is -2.17. The molecule has 7 heteroatoms. The van der Waals surface area contributed by atoms with Gasteiger partial charge in [-0.15, -0.1) is 0 Å². The van der Waals surface area contributed by atoms with Crippen molar-refractivity contribution in [3.8, 4) is 5.69 Å². The van der Waals surface area contributed by atoms with Crippen molar-refractivity contribution in [2.75, 3.05) is 7.11 Å². The Balaban J connectivity index is 1.94. The van der Waals surface area contributed by atoms with E-state index in [0.717, 1.165) is 38.6 Å². The van der Waals surface area contributed by atoms with Gasteiger partial charge < -0.3 is 4.74 Å². The minimum Gasteiger partial charge on any atom is -0.469 e. The lowest BCUT2D eigenvalue weighted by atomic mass is 10.0. The summed E-state index contributed by atoms with van der Waals surface area (Å²) in [5.41, 5.74) is 4.54. The van der Waals surface area contributed by atoms with E-state index >= 15 is 0 Å². The number of hydrogen-bond donors (Lipinski definition) is 0. The molecular formula is C22H21BrN4O2. The normalized spacial score (nSPS) is 16.3. The summed E-state index contributed by atoms with van der Waals surface area (Å²) in [7, 11) is 1.41. The third-order valence-corrected chi connectivity index (χ3v) is 5.58. The van der Waals surface area contributed by atoms with E-state index in [4.69, 9.17) is 9.73 Å². The van der Waals surface area contributed by atoms with Crippen LogP contribution in [0.15, 0.2) is 58.3 Å². The summed E-state index contributed by atoms with van der Waals surface area (Å²) in [5.74, 6) is 0.254. The topological polar surface area (TPSA) is 69.4 Å². The van der Waals surface area contributed by atoms with E-state index in [9.17, 15) is 4.79 Å². The van der Waals surface area contributed by atoms with Gasteiger partial charge in [0.05, 0.1) is 30.1 Å². The maximum absolute atomic E-state index is 12.1. The number of carbonyl (C=O) groups excluding carboxylic acids is 1. The molecule has 0 saturated carbocycles. The molecule has 0 aliphatic carbocycles. The number of methoxy groups -OCH3 is 1. The van der Waals surface area contributed by atoms with Gasteiger partial charge in [0.2, 0.25) is 0 Å². The molecule has 2 unspecified atom stereocenters. The Morgan fingerprint density at radius 3 is 2.83 bits per heavy atom. The summed E-state index contributed by atoms with van der Waals surface area (Å²) >= 11 is 3.59. The van der Waals surface area contributed by atoms with Crippen molar-refractivity contribution in [2.45, 2.75) is 26.3 Å². The molecule has 4 rings (SSSR count). The number of aliphatic imine (C=N–C) groups is 1. The van der Waals surface area contributed by atoms with Crippen LogP contribution in [0, 0.1) is 12.8 Å². The van der Waals surface area contributed by atoms with Crippen LogP contribution in [0.3, 0.4) is 0 Å². The molecule has 2 aromatic heterocycles. The Labute approximate surface area is 177 Å². The summed E-state index contributed by atoms with van der Waals surface area (Å²) in [6, 6.07) is 11.6. The minimum atomic E-state index is -0.308. The van der Waals surface area contributed by atoms with Crippen molar-refractivity contribution in [1.82, 2.24) is 14.5 Å². The van der Waals surface area contributed by atoms with Gasteiger partial charge >= 0.3 is 5.97 Å². The van der Waals surface area contributed by atoms with E-state index in [1.165, 1.54) is 7.11 Å². The number of aryl methyl sites for hydroxylation is 1. The van der Waals surface area contributed by atoms with Gasteiger partial charge in [0, 0.05) is 28.1 Å². The number of ether oxygens (including phenoxy) is 1. The quantitative estimate of drug-likeness (QED) is 0.549. The largest absolute Gasteiger partial charge is 0.469 e. The average molecular weight is 453 g/mol. The molecule has 1 aliphatic rings. The van der Waals surface area contributed by atoms with Crippen LogP contribution in [0.4, 0.5) is 0 Å². The average Bonchev–Trinajstić information content (AvgIpc) is 3.05. The van der Waals surface area contributed by atoms with Crippen LogP contribution in [0.2, 0.25) is 0 Å². The molecule has 3 aromatic rings. The third-order valence-electron chi connectivity index (χ3n) is 5.09. The van der Waals surface area contributed by atoms with Crippen LogP contribution >= 0.6 is 15.9 Å². The number of imidazole rings is 1. The molecule has 0 amide bonds. The second-order valence-corrected chi connectivity index (χ2v) is 8.04. The first-order valence-corrected chi connectivity index (χ1v) is 10.2. The number of rotatable bonds is 4. The maximum Gasteiger partial charge on any atom is 0.308 e. The summed E-state index contributed by atoms with van der Waals surface area (Å²) in [4.78, 5) is 26.4. The van der Waals surface area contributed by atoms with Crippen LogP contribution < -0.4 is 0 Å². The van der Waals surface area contributed by atoms with Crippen LogP contribution in [-0.2, 0) is 9.53 Å². The Bertz CT molecular complexity index is 1090. The Kier molecular flexibility index (Phi) is 5.32. The van der Waals surface area contributed by atoms with Gasteiger partial charge in [-0.05, 0) is 43.7 Å². The monoisotopic (exact) mass is 452 g/mol. The van der Waals surface area contributed by atoms with Gasteiger partial charge in [-0.1, -0.05) is 28.9 Å². The van der Waals surface area contributed by atoms with Crippen molar-refractivity contribution < 1.29 is 9.53 Å². The highest BCUT2D eigenvalue weighted by Gasteiger charge is 2.30. The molecular weight excluding hydrogens is 432 g/mol. The van der Waals surface area contributed by atoms with Crippen molar-refractivity contribution in [1.29, 1.82) is 0 Å². The molecule has 1 aromatic carbocycles. The van der Waals surface area contributed by atoms with E-state index in [2.05, 4.69) is 42.6 Å². The number of hydrogen-bond acceptors (Lipinski definition) is 5. The van der Waals surface area contributed by atoms with Crippen LogP contribution in [0.1, 0.15) is 42.2 Å². The SMILES string of the molecule is COC(=O)C(C)CC1N=C(c2ccccn2)c2cc(Br)ccc2-n2c(C)cnc21. The smallest absolute Gasteiger partial charge is 0.308 e. The van der Waals surface area contributed by atoms with Gasteiger partial charge in [0.15, 0.2) is 0 Å². The highest BCUT2D eigenvalue weighted by atomic mass is 79.9. The molecule has 0 saturated heterocycles. The highest BCUT2D eigenvalue weighted by molar-refractivity contribution is 9.10. The Morgan fingerprint density at radius 1 is 1.28 bits per heavy atom. The molecule has 2 atom stereocenters. The molecule has 6 nitrogen and oxygen atoms in total. The summed E-state index contributed by atoms with van der Waals surface area (Å²) in [5, 5.41) is 0. The minimum absolute atomic E-state index is 0.251. The van der Waals surface area contributed by atoms with Gasteiger partial charge in [-0.2, -0.15) is 0 Å². The van der Waals surface area contributed by atoms with E-state index in [0.29, 0.717) is 6.42 Å².